The summed E-state index contributed by atoms with van der Waals surface area (Å²) in [5, 5.41) is 21.7. The summed E-state index contributed by atoms with van der Waals surface area (Å²) in [6.45, 7) is 0.851. The van der Waals surface area contributed by atoms with Crippen molar-refractivity contribution >= 4 is 28.1 Å². The molecule has 182 valence electrons. The lowest BCUT2D eigenvalue weighted by atomic mass is 9.95. The first-order chi connectivity index (χ1) is 17.4. The molecule has 2 aromatic heterocycles. The molecule has 0 unspecified atom stereocenters. The van der Waals surface area contributed by atoms with Crippen LogP contribution in [0.25, 0.3) is 33.2 Å². The Labute approximate surface area is 209 Å². The van der Waals surface area contributed by atoms with E-state index >= 15 is 4.39 Å². The number of halogens is 3. The zero-order chi connectivity index (χ0) is 25.6. The molecule has 0 amide bonds. The summed E-state index contributed by atoms with van der Waals surface area (Å²) >= 11 is 6.31. The summed E-state index contributed by atoms with van der Waals surface area (Å²) in [7, 11) is 1.64. The van der Waals surface area contributed by atoms with Crippen molar-refractivity contribution < 1.29 is 8.78 Å². The van der Waals surface area contributed by atoms with Crippen LogP contribution in [0.3, 0.4) is 0 Å². The number of fused-ring (bicyclic) bond motifs is 1. The number of H-pyrrole nitrogens is 1. The zero-order valence-electron chi connectivity index (χ0n) is 19.1. The number of aromatic nitrogens is 4. The maximum absolute atomic E-state index is 15.6. The summed E-state index contributed by atoms with van der Waals surface area (Å²) in [5.74, 6) is -0.760. The number of aryl methyl sites for hydroxylation is 1. The number of nitrogens with two attached hydrogens (primary N) is 1. The summed E-state index contributed by atoms with van der Waals surface area (Å²) < 4.78 is 30.2. The summed E-state index contributed by atoms with van der Waals surface area (Å²) in [4.78, 5) is 14.1. The second kappa shape index (κ2) is 9.18. The molecule has 3 heterocycles. The average molecular weight is 508 g/mol. The van der Waals surface area contributed by atoms with Gasteiger partial charge in [0, 0.05) is 37.6 Å². The average Bonchev–Trinajstić information content (AvgIpc) is 3.52. The van der Waals surface area contributed by atoms with Gasteiger partial charge in [-0.15, -0.1) is 0 Å². The predicted octanol–water partition coefficient (Wildman–Crippen LogP) is 4.18. The van der Waals surface area contributed by atoms with Gasteiger partial charge in [-0.1, -0.05) is 17.7 Å². The lowest BCUT2D eigenvalue weighted by Crippen LogP contribution is -2.20. The smallest absolute Gasteiger partial charge is 0.272 e. The second-order valence-electron chi connectivity index (χ2n) is 8.49. The first kappa shape index (κ1) is 23.7. The molecule has 0 radical (unpaired) electrons. The van der Waals surface area contributed by atoms with E-state index in [1.807, 2.05) is 0 Å². The SMILES string of the molecule is Cn1ncc(-c2ccc3c(=O)[nH]nc(CN)c3c2)c1-c1c(F)c(Cl)cc(N2CCC(=CF)C2)c1C#N. The Balaban J connectivity index is 1.75. The van der Waals surface area contributed by atoms with Gasteiger partial charge in [0.05, 0.1) is 51.1 Å². The van der Waals surface area contributed by atoms with E-state index in [0.29, 0.717) is 63.8 Å². The molecule has 8 nitrogen and oxygen atoms in total. The van der Waals surface area contributed by atoms with E-state index in [9.17, 15) is 14.4 Å². The van der Waals surface area contributed by atoms with Crippen LogP contribution in [0.2, 0.25) is 5.02 Å². The van der Waals surface area contributed by atoms with Gasteiger partial charge in [-0.3, -0.25) is 9.48 Å². The first-order valence-corrected chi connectivity index (χ1v) is 11.4. The van der Waals surface area contributed by atoms with E-state index in [0.717, 1.165) is 0 Å². The largest absolute Gasteiger partial charge is 0.366 e. The Hall–Kier alpha value is -4.07. The van der Waals surface area contributed by atoms with Gasteiger partial charge >= 0.3 is 0 Å². The molecule has 0 bridgehead atoms. The number of aromatic amines is 1. The summed E-state index contributed by atoms with van der Waals surface area (Å²) in [6.07, 6.45) is 2.61. The van der Waals surface area contributed by atoms with Crippen molar-refractivity contribution in [2.75, 3.05) is 18.0 Å². The minimum atomic E-state index is -0.760. The maximum atomic E-state index is 15.6. The normalized spacial score (nSPS) is 14.7. The van der Waals surface area contributed by atoms with Gasteiger partial charge in [-0.2, -0.15) is 15.5 Å². The van der Waals surface area contributed by atoms with Crippen molar-refractivity contribution in [3.05, 3.63) is 74.8 Å². The topological polar surface area (TPSA) is 117 Å². The highest BCUT2D eigenvalue weighted by Crippen LogP contribution is 2.42. The molecule has 4 aromatic rings. The number of nitrogens with zero attached hydrogens (tertiary/aromatic N) is 5. The van der Waals surface area contributed by atoms with Gasteiger partial charge in [0.25, 0.3) is 5.56 Å². The Bertz CT molecular complexity index is 1650. The highest BCUT2D eigenvalue weighted by molar-refractivity contribution is 6.31. The highest BCUT2D eigenvalue weighted by atomic mass is 35.5. The fourth-order valence-corrected chi connectivity index (χ4v) is 4.86. The number of benzene rings is 2. The fraction of sp³-hybridized carbons (Fsp3) is 0.200. The van der Waals surface area contributed by atoms with Crippen LogP contribution in [0.4, 0.5) is 14.5 Å². The third-order valence-electron chi connectivity index (χ3n) is 6.45. The number of nitrogens with one attached hydrogen (secondary N) is 1. The van der Waals surface area contributed by atoms with Crippen LogP contribution in [0.1, 0.15) is 17.7 Å². The van der Waals surface area contributed by atoms with Crippen LogP contribution in [-0.2, 0) is 13.6 Å². The van der Waals surface area contributed by atoms with Gasteiger partial charge < -0.3 is 10.6 Å². The van der Waals surface area contributed by atoms with E-state index in [-0.39, 0.29) is 34.8 Å². The maximum Gasteiger partial charge on any atom is 0.272 e. The second-order valence-corrected chi connectivity index (χ2v) is 8.89. The predicted molar refractivity (Wildman–Crippen MR) is 134 cm³/mol. The van der Waals surface area contributed by atoms with Crippen molar-refractivity contribution in [2.24, 2.45) is 12.8 Å². The summed E-state index contributed by atoms with van der Waals surface area (Å²) in [6, 6.07) is 8.62. The minimum Gasteiger partial charge on any atom is -0.366 e. The molecule has 1 aliphatic heterocycles. The number of nitriles is 1. The molecule has 36 heavy (non-hydrogen) atoms. The molecule has 3 N–H and O–H groups in total. The van der Waals surface area contributed by atoms with Crippen LogP contribution >= 0.6 is 11.6 Å². The molecule has 2 aromatic carbocycles. The molecule has 1 fully saturated rings. The van der Waals surface area contributed by atoms with E-state index in [2.05, 4.69) is 21.4 Å². The van der Waals surface area contributed by atoms with E-state index in [1.54, 1.807) is 36.3 Å². The van der Waals surface area contributed by atoms with Gasteiger partial charge in [0.2, 0.25) is 0 Å². The molecule has 11 heteroatoms. The fourth-order valence-electron chi connectivity index (χ4n) is 4.66. The standard InChI is InChI=1S/C25H20ClF2N7O/c1-34-24(18(11-31-34)14-2-3-15-16(6-14)20(10-30)32-33-25(15)36)22-17(9-29)21(7-19(26)23(22)28)35-5-4-13(8-27)12-35/h2-3,6-8,11H,4-5,10,12,30H2,1H3,(H,33,36). The minimum absolute atomic E-state index is 0.00384. The van der Waals surface area contributed by atoms with Crippen LogP contribution in [-0.4, -0.2) is 33.1 Å². The van der Waals surface area contributed by atoms with E-state index in [1.165, 1.54) is 10.7 Å². The third kappa shape index (κ3) is 3.73. The van der Waals surface area contributed by atoms with Crippen molar-refractivity contribution in [3.8, 4) is 28.5 Å². The molecule has 5 rings (SSSR count). The molecule has 0 spiro atoms. The molecule has 0 aliphatic carbocycles. The number of rotatable bonds is 4. The third-order valence-corrected chi connectivity index (χ3v) is 6.72. The molecule has 0 atom stereocenters. The summed E-state index contributed by atoms with van der Waals surface area (Å²) in [5.41, 5.74) is 8.51. The van der Waals surface area contributed by atoms with E-state index < -0.39 is 5.82 Å². The molecular formula is C25H20ClF2N7O. The van der Waals surface area contributed by atoms with Gasteiger partial charge in [0.1, 0.15) is 6.07 Å². The van der Waals surface area contributed by atoms with Crippen molar-refractivity contribution in [1.82, 2.24) is 20.0 Å². The van der Waals surface area contributed by atoms with Crippen molar-refractivity contribution in [3.63, 3.8) is 0 Å². The van der Waals surface area contributed by atoms with Crippen molar-refractivity contribution in [2.45, 2.75) is 13.0 Å². The Kier molecular flexibility index (Phi) is 6.04. The Morgan fingerprint density at radius 3 is 2.83 bits per heavy atom. The number of anilines is 1. The van der Waals surface area contributed by atoms with Crippen LogP contribution in [0.5, 0.6) is 0 Å². The van der Waals surface area contributed by atoms with Crippen LogP contribution < -0.4 is 16.2 Å². The monoisotopic (exact) mass is 507 g/mol. The molecular weight excluding hydrogens is 488 g/mol. The van der Waals surface area contributed by atoms with Crippen LogP contribution in [0.15, 0.2) is 47.2 Å². The molecule has 0 saturated carbocycles. The Morgan fingerprint density at radius 1 is 1.33 bits per heavy atom. The Morgan fingerprint density at radius 2 is 2.14 bits per heavy atom. The van der Waals surface area contributed by atoms with E-state index in [4.69, 9.17) is 17.3 Å². The lowest BCUT2D eigenvalue weighted by molar-refractivity contribution is 0.628. The molecule has 1 aliphatic rings. The van der Waals surface area contributed by atoms with Crippen LogP contribution in [0, 0.1) is 17.1 Å². The van der Waals surface area contributed by atoms with Crippen molar-refractivity contribution in [1.29, 1.82) is 5.26 Å². The highest BCUT2D eigenvalue weighted by Gasteiger charge is 2.28. The number of hydrogen-bond donors (Lipinski definition) is 2. The lowest BCUT2D eigenvalue weighted by Gasteiger charge is -2.22. The quantitative estimate of drug-likeness (QED) is 0.428. The zero-order valence-corrected chi connectivity index (χ0v) is 19.9. The van der Waals surface area contributed by atoms with Gasteiger partial charge in [0.15, 0.2) is 5.82 Å². The molecule has 1 saturated heterocycles. The number of hydrogen-bond acceptors (Lipinski definition) is 6. The first-order valence-electron chi connectivity index (χ1n) is 11.1. The van der Waals surface area contributed by atoms with Gasteiger partial charge in [-0.25, -0.2) is 13.9 Å². The van der Waals surface area contributed by atoms with Gasteiger partial charge in [-0.05, 0) is 35.8 Å².